The summed E-state index contributed by atoms with van der Waals surface area (Å²) in [6.07, 6.45) is 0. The van der Waals surface area contributed by atoms with Gasteiger partial charge in [0, 0.05) is 21.7 Å². The molecule has 0 aliphatic carbocycles. The Balaban J connectivity index is 1.99. The quantitative estimate of drug-likeness (QED) is 0.392. The van der Waals surface area contributed by atoms with Crippen LogP contribution in [-0.2, 0) is 0 Å². The smallest absolute Gasteiger partial charge is 0.200 e. The molecule has 0 fully saturated rings. The molecule has 0 bridgehead atoms. The molecule has 0 radical (unpaired) electrons. The van der Waals surface area contributed by atoms with Gasteiger partial charge >= 0.3 is 0 Å². The van der Waals surface area contributed by atoms with Gasteiger partial charge in [-0.3, -0.25) is 0 Å². The number of rotatable bonds is 2. The van der Waals surface area contributed by atoms with E-state index in [1.807, 2.05) is 48.3 Å². The minimum absolute atomic E-state index is 0.471. The van der Waals surface area contributed by atoms with Gasteiger partial charge in [0.2, 0.25) is 5.96 Å². The maximum Gasteiger partial charge on any atom is 0.200 e. The number of nitrogens with two attached hydrogens (primary N) is 1. The van der Waals surface area contributed by atoms with E-state index in [9.17, 15) is 0 Å². The highest BCUT2D eigenvalue weighted by atomic mass is 123. The second kappa shape index (κ2) is 6.36. The normalized spacial score (nSPS) is 11.6. The molecule has 0 amide bonds. The molecular weight excluding hydrogens is 381 g/mol. The van der Waals surface area contributed by atoms with Crippen molar-refractivity contribution in [2.75, 3.05) is 11.9 Å². The van der Waals surface area contributed by atoms with Crippen LogP contribution in [0, 0.1) is 3.57 Å². The van der Waals surface area contributed by atoms with E-state index in [2.05, 4.69) is 57.9 Å². The van der Waals surface area contributed by atoms with E-state index >= 15 is 0 Å². The Bertz CT molecular complexity index is 837. The fourth-order valence-electron chi connectivity index (χ4n) is 2.32. The molecule has 22 heavy (non-hydrogen) atoms. The molecule has 0 heterocycles. The number of hydrogen-bond acceptors (Lipinski definition) is 1. The third-order valence-corrected chi connectivity index (χ3v) is 4.21. The van der Waals surface area contributed by atoms with Crippen molar-refractivity contribution in [3.63, 3.8) is 0 Å². The molecule has 3 nitrogen and oxygen atoms in total. The van der Waals surface area contributed by atoms with Crippen LogP contribution in [0.5, 0.6) is 0 Å². The zero-order valence-electron chi connectivity index (χ0n) is 12.2. The average Bonchev–Trinajstić information content (AvgIpc) is 2.54. The Morgan fingerprint density at radius 2 is 1.73 bits per heavy atom. The van der Waals surface area contributed by atoms with E-state index < -0.39 is 0 Å². The first kappa shape index (κ1) is 14.8. The molecule has 0 aliphatic heterocycles. The molecule has 2 N–H and O–H groups in total. The number of halogens is 1. The summed E-state index contributed by atoms with van der Waals surface area (Å²) < 4.78 is 1.17. The van der Waals surface area contributed by atoms with Crippen LogP contribution in [0.2, 0.25) is 0 Å². The molecule has 3 aromatic carbocycles. The van der Waals surface area contributed by atoms with Gasteiger partial charge in [0.25, 0.3) is 0 Å². The summed E-state index contributed by atoms with van der Waals surface area (Å²) in [5.74, 6) is 0.471. The number of fused-ring (bicyclic) bond motifs is 1. The molecule has 110 valence electrons. The predicted octanol–water partition coefficient (Wildman–Crippen LogP) is 4.53. The number of nitrogens with zero attached hydrogens (tertiary/aromatic N) is 2. The maximum absolute atomic E-state index is 6.20. The van der Waals surface area contributed by atoms with Crippen LogP contribution >= 0.6 is 22.6 Å². The lowest BCUT2D eigenvalue weighted by Gasteiger charge is -2.18. The Kier molecular flexibility index (Phi) is 4.29. The van der Waals surface area contributed by atoms with E-state index in [-0.39, 0.29) is 0 Å². The molecule has 3 aromatic rings. The summed E-state index contributed by atoms with van der Waals surface area (Å²) >= 11 is 2.29. The van der Waals surface area contributed by atoms with Crippen molar-refractivity contribution in [2.24, 2.45) is 10.7 Å². The van der Waals surface area contributed by atoms with Crippen LogP contribution in [-0.4, -0.2) is 13.0 Å². The van der Waals surface area contributed by atoms with E-state index in [0.717, 1.165) is 22.1 Å². The Morgan fingerprint density at radius 1 is 1.00 bits per heavy atom. The molecule has 0 spiro atoms. The molecule has 4 heteroatoms. The highest BCUT2D eigenvalue weighted by molar-refractivity contribution is 14.1. The van der Waals surface area contributed by atoms with Gasteiger partial charge in [-0.25, -0.2) is 4.99 Å². The molecule has 3 rings (SSSR count). The second-order valence-electron chi connectivity index (χ2n) is 5.01. The summed E-state index contributed by atoms with van der Waals surface area (Å²) in [7, 11) is 1.93. The van der Waals surface area contributed by atoms with Crippen molar-refractivity contribution < 1.29 is 0 Å². The minimum Gasteiger partial charge on any atom is -0.369 e. The number of guanidine groups is 1. The zero-order chi connectivity index (χ0) is 15.5. The summed E-state index contributed by atoms with van der Waals surface area (Å²) in [6, 6.07) is 22.4. The summed E-state index contributed by atoms with van der Waals surface area (Å²) in [5, 5.41) is 2.26. The topological polar surface area (TPSA) is 41.6 Å². The molecule has 0 aliphatic rings. The first-order valence-corrected chi connectivity index (χ1v) is 8.04. The van der Waals surface area contributed by atoms with Gasteiger partial charge in [-0.2, -0.15) is 0 Å². The van der Waals surface area contributed by atoms with E-state index in [1.165, 1.54) is 3.57 Å². The van der Waals surface area contributed by atoms with Gasteiger partial charge in [-0.05, 0) is 52.2 Å². The Morgan fingerprint density at radius 3 is 2.55 bits per heavy atom. The number of anilines is 1. The molecule has 0 saturated carbocycles. The predicted molar refractivity (Wildman–Crippen MR) is 103 cm³/mol. The average molecular weight is 397 g/mol. The van der Waals surface area contributed by atoms with Gasteiger partial charge in [-0.15, -0.1) is 0 Å². The lowest BCUT2D eigenvalue weighted by atomic mass is 10.1. The SMILES string of the molecule is CN(C(N)=Nc1cccc2ccccc12)c1cccc([123I])c1. The number of hydrogen-bond donors (Lipinski definition) is 1. The zero-order valence-corrected chi connectivity index (χ0v) is 14.4. The van der Waals surface area contributed by atoms with Crippen LogP contribution in [0.4, 0.5) is 11.4 Å². The van der Waals surface area contributed by atoms with Crippen molar-refractivity contribution in [3.05, 3.63) is 70.3 Å². The van der Waals surface area contributed by atoms with Crippen LogP contribution in [0.15, 0.2) is 71.7 Å². The molecule has 0 saturated heterocycles. The van der Waals surface area contributed by atoms with Crippen molar-refractivity contribution in [1.29, 1.82) is 0 Å². The lowest BCUT2D eigenvalue weighted by Crippen LogP contribution is -2.33. The van der Waals surface area contributed by atoms with Crippen LogP contribution in [0.3, 0.4) is 0 Å². The van der Waals surface area contributed by atoms with Crippen LogP contribution in [0.1, 0.15) is 0 Å². The monoisotopic (exact) mass is 397 g/mol. The van der Waals surface area contributed by atoms with Gasteiger partial charge < -0.3 is 10.6 Å². The minimum atomic E-state index is 0.471. The Hall–Kier alpha value is -2.08. The highest BCUT2D eigenvalue weighted by Gasteiger charge is 2.07. The van der Waals surface area contributed by atoms with E-state index in [0.29, 0.717) is 5.96 Å². The third kappa shape index (κ3) is 3.06. The largest absolute Gasteiger partial charge is 0.369 e. The lowest BCUT2D eigenvalue weighted by molar-refractivity contribution is 1.22. The summed E-state index contributed by atoms with van der Waals surface area (Å²) in [5.41, 5.74) is 8.10. The first-order chi connectivity index (χ1) is 10.6. The summed E-state index contributed by atoms with van der Waals surface area (Å²) in [6.45, 7) is 0. The van der Waals surface area contributed by atoms with Crippen molar-refractivity contribution in [1.82, 2.24) is 0 Å². The van der Waals surface area contributed by atoms with E-state index in [4.69, 9.17) is 5.73 Å². The first-order valence-electron chi connectivity index (χ1n) is 6.96. The number of benzene rings is 3. The van der Waals surface area contributed by atoms with Gasteiger partial charge in [0.05, 0.1) is 5.69 Å². The third-order valence-electron chi connectivity index (χ3n) is 3.54. The molecule has 0 unspecified atom stereocenters. The van der Waals surface area contributed by atoms with Crippen molar-refractivity contribution >= 4 is 50.7 Å². The molecular formula is C18H16IN3. The molecule has 0 aromatic heterocycles. The fraction of sp³-hybridized carbons (Fsp3) is 0.0556. The summed E-state index contributed by atoms with van der Waals surface area (Å²) in [4.78, 5) is 6.50. The molecule has 0 atom stereocenters. The van der Waals surface area contributed by atoms with Crippen molar-refractivity contribution in [2.45, 2.75) is 0 Å². The van der Waals surface area contributed by atoms with Gasteiger partial charge in [-0.1, -0.05) is 42.5 Å². The fourth-order valence-corrected chi connectivity index (χ4v) is 2.85. The second-order valence-corrected chi connectivity index (χ2v) is 6.25. The van der Waals surface area contributed by atoms with E-state index in [1.54, 1.807) is 0 Å². The standard InChI is InChI=1S/C18H16IN3/c1-22(15-9-5-8-14(19)12-15)18(20)21-17-11-4-7-13-6-2-3-10-16(13)17/h2-12H,1H3,(H2,20,21)/i19-4. The van der Waals surface area contributed by atoms with Crippen molar-refractivity contribution in [3.8, 4) is 0 Å². The Labute approximate surface area is 143 Å². The van der Waals surface area contributed by atoms with Crippen LogP contribution < -0.4 is 10.6 Å². The van der Waals surface area contributed by atoms with Gasteiger partial charge in [0.15, 0.2) is 0 Å². The highest BCUT2D eigenvalue weighted by Crippen LogP contribution is 2.26. The van der Waals surface area contributed by atoms with Gasteiger partial charge in [0.1, 0.15) is 0 Å². The van der Waals surface area contributed by atoms with Crippen LogP contribution in [0.25, 0.3) is 10.8 Å². The number of aliphatic imine (C=N–C) groups is 1. The maximum atomic E-state index is 6.20.